The molecule has 3 heterocycles. The van der Waals surface area contributed by atoms with Crippen LogP contribution in [0.3, 0.4) is 0 Å². The van der Waals surface area contributed by atoms with Crippen LogP contribution in [0, 0.1) is 0 Å². The van der Waals surface area contributed by atoms with Crippen LogP contribution in [0.5, 0.6) is 0 Å². The van der Waals surface area contributed by atoms with Gasteiger partial charge < -0.3 is 10.3 Å². The van der Waals surface area contributed by atoms with E-state index in [2.05, 4.69) is 30.7 Å². The number of pyridine rings is 1. The van der Waals surface area contributed by atoms with Crippen molar-refractivity contribution in [3.05, 3.63) is 41.7 Å². The maximum absolute atomic E-state index is 5.60. The van der Waals surface area contributed by atoms with Crippen LogP contribution in [-0.4, -0.2) is 31.2 Å². The molecule has 0 bridgehead atoms. The maximum Gasteiger partial charge on any atom is 0.147 e. The molecular weight excluding hydrogens is 228 g/mol. The predicted octanol–water partition coefficient (Wildman–Crippen LogP) is 0.148. The lowest BCUT2D eigenvalue weighted by atomic mass is 10.2. The van der Waals surface area contributed by atoms with Gasteiger partial charge >= 0.3 is 0 Å². The molecule has 6 heteroatoms. The molecule has 18 heavy (non-hydrogen) atoms. The molecule has 3 rings (SSSR count). The lowest BCUT2D eigenvalue weighted by molar-refractivity contribution is 0.208. The van der Waals surface area contributed by atoms with E-state index in [-0.39, 0.29) is 0 Å². The number of rotatable bonds is 3. The zero-order valence-corrected chi connectivity index (χ0v) is 10.2. The highest BCUT2D eigenvalue weighted by atomic mass is 15.3. The zero-order valence-electron chi connectivity index (χ0n) is 10.2. The summed E-state index contributed by atoms with van der Waals surface area (Å²) in [6, 6.07) is 4.11. The fourth-order valence-electron chi connectivity index (χ4n) is 2.25. The monoisotopic (exact) mass is 244 g/mol. The van der Waals surface area contributed by atoms with Crippen LogP contribution in [-0.2, 0) is 26.2 Å². The highest BCUT2D eigenvalue weighted by molar-refractivity contribution is 5.16. The summed E-state index contributed by atoms with van der Waals surface area (Å²) in [5, 5.41) is 8.05. The Kier molecular flexibility index (Phi) is 3.04. The van der Waals surface area contributed by atoms with Gasteiger partial charge in [-0.1, -0.05) is 0 Å². The SMILES string of the molecule is NCc1cc(CN2CCn3cnnc3C2)ccn1. The van der Waals surface area contributed by atoms with E-state index in [4.69, 9.17) is 5.73 Å². The molecule has 0 saturated carbocycles. The largest absolute Gasteiger partial charge is 0.325 e. The van der Waals surface area contributed by atoms with Gasteiger partial charge in [0.25, 0.3) is 0 Å². The fraction of sp³-hybridized carbons (Fsp3) is 0.417. The molecule has 0 saturated heterocycles. The van der Waals surface area contributed by atoms with Gasteiger partial charge in [-0.3, -0.25) is 9.88 Å². The van der Waals surface area contributed by atoms with Crippen molar-refractivity contribution in [2.75, 3.05) is 6.54 Å². The second-order valence-corrected chi connectivity index (χ2v) is 4.51. The Labute approximate surface area is 105 Å². The summed E-state index contributed by atoms with van der Waals surface area (Å²) in [5.74, 6) is 1.04. The van der Waals surface area contributed by atoms with Gasteiger partial charge in [-0.2, -0.15) is 0 Å². The van der Waals surface area contributed by atoms with Gasteiger partial charge in [-0.25, -0.2) is 0 Å². The summed E-state index contributed by atoms with van der Waals surface area (Å²) >= 11 is 0. The van der Waals surface area contributed by atoms with Crippen molar-refractivity contribution in [2.24, 2.45) is 5.73 Å². The third-order valence-electron chi connectivity index (χ3n) is 3.21. The van der Waals surface area contributed by atoms with Crippen LogP contribution in [0.1, 0.15) is 17.1 Å². The van der Waals surface area contributed by atoms with Crippen LogP contribution in [0.25, 0.3) is 0 Å². The first-order valence-corrected chi connectivity index (χ1v) is 6.08. The molecule has 94 valence electrons. The van der Waals surface area contributed by atoms with Gasteiger partial charge in [0, 0.05) is 32.4 Å². The Bertz CT molecular complexity index is 535. The molecule has 0 aromatic carbocycles. The number of hydrogen-bond donors (Lipinski definition) is 1. The third kappa shape index (κ3) is 2.25. The van der Waals surface area contributed by atoms with Crippen molar-refractivity contribution in [3.63, 3.8) is 0 Å². The number of nitrogens with two attached hydrogens (primary N) is 1. The summed E-state index contributed by atoms with van der Waals surface area (Å²) in [6.45, 7) is 4.22. The summed E-state index contributed by atoms with van der Waals surface area (Å²) < 4.78 is 2.11. The molecule has 0 radical (unpaired) electrons. The molecule has 0 aliphatic carbocycles. The van der Waals surface area contributed by atoms with Crippen molar-refractivity contribution in [1.29, 1.82) is 0 Å². The van der Waals surface area contributed by atoms with Crippen molar-refractivity contribution < 1.29 is 0 Å². The molecular formula is C12H16N6. The van der Waals surface area contributed by atoms with Crippen LogP contribution in [0.4, 0.5) is 0 Å². The fourth-order valence-corrected chi connectivity index (χ4v) is 2.25. The van der Waals surface area contributed by atoms with Crippen molar-refractivity contribution in [1.82, 2.24) is 24.6 Å². The molecule has 2 aromatic heterocycles. The Morgan fingerprint density at radius 2 is 2.28 bits per heavy atom. The van der Waals surface area contributed by atoms with E-state index >= 15 is 0 Å². The van der Waals surface area contributed by atoms with Gasteiger partial charge in [-0.15, -0.1) is 10.2 Å². The zero-order chi connectivity index (χ0) is 12.4. The summed E-state index contributed by atoms with van der Waals surface area (Å²) in [7, 11) is 0. The second-order valence-electron chi connectivity index (χ2n) is 4.51. The number of nitrogens with zero attached hydrogens (tertiary/aromatic N) is 5. The summed E-state index contributed by atoms with van der Waals surface area (Å²) in [4.78, 5) is 6.57. The molecule has 0 fully saturated rings. The van der Waals surface area contributed by atoms with Gasteiger partial charge in [0.05, 0.1) is 12.2 Å². The van der Waals surface area contributed by atoms with Gasteiger partial charge in [0.2, 0.25) is 0 Å². The van der Waals surface area contributed by atoms with Crippen LogP contribution in [0.2, 0.25) is 0 Å². The minimum absolute atomic E-state index is 0.488. The van der Waals surface area contributed by atoms with Crippen LogP contribution < -0.4 is 5.73 Å². The van der Waals surface area contributed by atoms with E-state index in [1.165, 1.54) is 5.56 Å². The van der Waals surface area contributed by atoms with E-state index in [0.717, 1.165) is 37.7 Å². The van der Waals surface area contributed by atoms with E-state index < -0.39 is 0 Å². The Morgan fingerprint density at radius 3 is 3.17 bits per heavy atom. The average Bonchev–Trinajstić information content (AvgIpc) is 2.86. The molecule has 2 aromatic rings. The molecule has 1 aliphatic heterocycles. The first-order chi connectivity index (χ1) is 8.85. The first-order valence-electron chi connectivity index (χ1n) is 6.08. The standard InChI is InChI=1S/C12H16N6/c13-6-11-5-10(1-2-14-11)7-17-3-4-18-9-15-16-12(18)8-17/h1-2,5,9H,3-4,6-8,13H2. The summed E-state index contributed by atoms with van der Waals surface area (Å²) in [5.41, 5.74) is 7.79. The van der Waals surface area contributed by atoms with Crippen LogP contribution >= 0.6 is 0 Å². The predicted molar refractivity (Wildman–Crippen MR) is 66.3 cm³/mol. The van der Waals surface area contributed by atoms with Crippen molar-refractivity contribution >= 4 is 0 Å². The number of hydrogen-bond acceptors (Lipinski definition) is 5. The smallest absolute Gasteiger partial charge is 0.147 e. The molecule has 2 N–H and O–H groups in total. The molecule has 1 aliphatic rings. The van der Waals surface area contributed by atoms with Gasteiger partial charge in [0.15, 0.2) is 0 Å². The minimum Gasteiger partial charge on any atom is -0.325 e. The molecule has 0 unspecified atom stereocenters. The molecule has 0 atom stereocenters. The Balaban J connectivity index is 1.70. The molecule has 0 spiro atoms. The van der Waals surface area contributed by atoms with E-state index in [1.54, 1.807) is 6.33 Å². The molecule has 0 amide bonds. The van der Waals surface area contributed by atoms with Crippen LogP contribution in [0.15, 0.2) is 24.7 Å². The maximum atomic E-state index is 5.60. The minimum atomic E-state index is 0.488. The number of aromatic nitrogens is 4. The highest BCUT2D eigenvalue weighted by Gasteiger charge is 2.17. The second kappa shape index (κ2) is 4.83. The Morgan fingerprint density at radius 1 is 1.33 bits per heavy atom. The van der Waals surface area contributed by atoms with E-state index in [0.29, 0.717) is 6.54 Å². The normalized spacial score (nSPS) is 15.6. The topological polar surface area (TPSA) is 72.9 Å². The van der Waals surface area contributed by atoms with E-state index in [9.17, 15) is 0 Å². The molecule has 6 nitrogen and oxygen atoms in total. The quantitative estimate of drug-likeness (QED) is 0.832. The van der Waals surface area contributed by atoms with Gasteiger partial charge in [0.1, 0.15) is 12.2 Å². The lowest BCUT2D eigenvalue weighted by Gasteiger charge is -2.26. The first kappa shape index (κ1) is 11.3. The average molecular weight is 244 g/mol. The number of fused-ring (bicyclic) bond motifs is 1. The third-order valence-corrected chi connectivity index (χ3v) is 3.21. The van der Waals surface area contributed by atoms with Crippen molar-refractivity contribution in [3.8, 4) is 0 Å². The lowest BCUT2D eigenvalue weighted by Crippen LogP contribution is -2.33. The Hall–Kier alpha value is -1.79. The van der Waals surface area contributed by atoms with Crippen molar-refractivity contribution in [2.45, 2.75) is 26.2 Å². The highest BCUT2D eigenvalue weighted by Crippen LogP contribution is 2.13. The summed E-state index contributed by atoms with van der Waals surface area (Å²) in [6.07, 6.45) is 3.62. The van der Waals surface area contributed by atoms with Gasteiger partial charge in [-0.05, 0) is 17.7 Å². The van der Waals surface area contributed by atoms with E-state index in [1.807, 2.05) is 12.3 Å².